The highest BCUT2D eigenvalue weighted by molar-refractivity contribution is 6.05. The number of carbonyl (C=O) groups is 4. The molecular weight excluding hydrogens is 284 g/mol. The second-order valence-corrected chi connectivity index (χ2v) is 5.30. The van der Waals surface area contributed by atoms with Crippen LogP contribution in [0.2, 0.25) is 0 Å². The third kappa shape index (κ3) is 1.99. The van der Waals surface area contributed by atoms with Crippen molar-refractivity contribution in [3.05, 3.63) is 0 Å². The van der Waals surface area contributed by atoms with Crippen molar-refractivity contribution in [2.45, 2.75) is 31.8 Å². The number of carboxylic acid groups (broad SMARTS) is 3. The van der Waals surface area contributed by atoms with Crippen molar-refractivity contribution < 1.29 is 34.5 Å². The van der Waals surface area contributed by atoms with Crippen molar-refractivity contribution in [1.29, 1.82) is 0 Å². The van der Waals surface area contributed by atoms with E-state index in [0.717, 1.165) is 9.80 Å². The zero-order valence-corrected chi connectivity index (χ0v) is 11.4. The molecule has 0 spiro atoms. The molecular formula is C12H16N2O7. The highest BCUT2D eigenvalue weighted by atomic mass is 16.4. The molecule has 2 aliphatic rings. The molecule has 0 aromatic carbocycles. The first-order valence-corrected chi connectivity index (χ1v) is 6.51. The largest absolute Gasteiger partial charge is 0.480 e. The third-order valence-corrected chi connectivity index (χ3v) is 4.47. The number of likely N-dealkylation sites (tertiary alicyclic amines) is 1. The minimum absolute atomic E-state index is 0.0875. The lowest BCUT2D eigenvalue weighted by molar-refractivity contribution is -0.169. The highest BCUT2D eigenvalue weighted by Crippen LogP contribution is 2.42. The average Bonchev–Trinajstić information content (AvgIpc) is 2.37. The SMILES string of the molecule is CCC1(C(=O)O)C(=O)CC2CN(C(=O)O)CC1N2C(=O)O. The summed E-state index contributed by atoms with van der Waals surface area (Å²) in [7, 11) is 0. The van der Waals surface area contributed by atoms with Gasteiger partial charge in [-0.05, 0) is 6.42 Å². The van der Waals surface area contributed by atoms with E-state index < -0.39 is 41.4 Å². The number of hydrogen-bond donors (Lipinski definition) is 3. The predicted molar refractivity (Wildman–Crippen MR) is 67.0 cm³/mol. The maximum atomic E-state index is 12.3. The molecule has 0 aromatic heterocycles. The summed E-state index contributed by atoms with van der Waals surface area (Å²) >= 11 is 0. The lowest BCUT2D eigenvalue weighted by Crippen LogP contribution is -2.73. The van der Waals surface area contributed by atoms with Crippen molar-refractivity contribution >= 4 is 23.9 Å². The number of piperazine rings is 1. The lowest BCUT2D eigenvalue weighted by atomic mass is 9.67. The summed E-state index contributed by atoms with van der Waals surface area (Å²) in [6.07, 6.45) is -2.95. The smallest absolute Gasteiger partial charge is 0.407 e. The zero-order valence-electron chi connectivity index (χ0n) is 11.4. The monoisotopic (exact) mass is 300 g/mol. The number of aliphatic carboxylic acids is 1. The fourth-order valence-electron chi connectivity index (χ4n) is 3.40. The average molecular weight is 300 g/mol. The molecule has 3 unspecified atom stereocenters. The molecule has 2 bridgehead atoms. The van der Waals surface area contributed by atoms with Crippen LogP contribution in [0, 0.1) is 5.41 Å². The fraction of sp³-hybridized carbons (Fsp3) is 0.667. The highest BCUT2D eigenvalue weighted by Gasteiger charge is 2.61. The first-order chi connectivity index (χ1) is 9.75. The van der Waals surface area contributed by atoms with E-state index in [1.165, 1.54) is 6.92 Å². The van der Waals surface area contributed by atoms with Gasteiger partial charge in [0.1, 0.15) is 5.41 Å². The third-order valence-electron chi connectivity index (χ3n) is 4.47. The molecule has 0 aliphatic carbocycles. The Morgan fingerprint density at radius 3 is 2.24 bits per heavy atom. The van der Waals surface area contributed by atoms with E-state index in [4.69, 9.17) is 5.11 Å². The molecule has 3 N–H and O–H groups in total. The van der Waals surface area contributed by atoms with Crippen molar-refractivity contribution in [2.24, 2.45) is 5.41 Å². The summed E-state index contributed by atoms with van der Waals surface area (Å²) in [5.74, 6) is -1.94. The summed E-state index contributed by atoms with van der Waals surface area (Å²) in [4.78, 5) is 48.4. The van der Waals surface area contributed by atoms with E-state index in [9.17, 15) is 29.4 Å². The number of amides is 2. The second kappa shape index (κ2) is 4.90. The molecule has 9 nitrogen and oxygen atoms in total. The summed E-state index contributed by atoms with van der Waals surface area (Å²) in [5.41, 5.74) is -1.89. The van der Waals surface area contributed by atoms with Crippen molar-refractivity contribution in [3.63, 3.8) is 0 Å². The van der Waals surface area contributed by atoms with Crippen LogP contribution in [-0.4, -0.2) is 74.2 Å². The van der Waals surface area contributed by atoms with Crippen LogP contribution < -0.4 is 0 Å². The van der Waals surface area contributed by atoms with Gasteiger partial charge in [0.25, 0.3) is 0 Å². The minimum Gasteiger partial charge on any atom is -0.480 e. The van der Waals surface area contributed by atoms with Gasteiger partial charge in [-0.1, -0.05) is 6.92 Å². The summed E-state index contributed by atoms with van der Waals surface area (Å²) < 4.78 is 0. The van der Waals surface area contributed by atoms with Gasteiger partial charge in [0, 0.05) is 19.5 Å². The maximum absolute atomic E-state index is 12.3. The van der Waals surface area contributed by atoms with Gasteiger partial charge >= 0.3 is 18.2 Å². The van der Waals surface area contributed by atoms with Crippen molar-refractivity contribution in [1.82, 2.24) is 9.80 Å². The lowest BCUT2D eigenvalue weighted by Gasteiger charge is -2.53. The number of carboxylic acids is 1. The van der Waals surface area contributed by atoms with Crippen molar-refractivity contribution in [3.8, 4) is 0 Å². The van der Waals surface area contributed by atoms with Gasteiger partial charge < -0.3 is 20.2 Å². The van der Waals surface area contributed by atoms with Crippen LogP contribution in [0.15, 0.2) is 0 Å². The summed E-state index contributed by atoms with van der Waals surface area (Å²) in [6.45, 7) is 1.05. The molecule has 2 amide bonds. The number of hydrogen-bond acceptors (Lipinski definition) is 4. The number of fused-ring (bicyclic) bond motifs is 2. The molecule has 2 heterocycles. The van der Waals surface area contributed by atoms with Crippen LogP contribution >= 0.6 is 0 Å². The summed E-state index contributed by atoms with van der Waals surface area (Å²) in [5, 5.41) is 27.9. The Morgan fingerprint density at radius 2 is 1.81 bits per heavy atom. The Balaban J connectivity index is 2.53. The van der Waals surface area contributed by atoms with Gasteiger partial charge in [-0.2, -0.15) is 0 Å². The molecule has 2 rings (SSSR count). The Kier molecular flexibility index (Phi) is 3.52. The van der Waals surface area contributed by atoms with E-state index in [1.54, 1.807) is 0 Å². The van der Waals surface area contributed by atoms with Crippen LogP contribution in [0.4, 0.5) is 9.59 Å². The molecule has 0 saturated carbocycles. The number of rotatable bonds is 2. The topological polar surface area (TPSA) is 135 Å². The van der Waals surface area contributed by atoms with Crippen LogP contribution in [0.1, 0.15) is 19.8 Å². The normalized spacial score (nSPS) is 32.0. The molecule has 0 radical (unpaired) electrons. The number of Topliss-reactive ketones (excluding diaryl/α,β-unsaturated/α-hetero) is 1. The first kappa shape index (κ1) is 15.1. The zero-order chi connectivity index (χ0) is 15.9. The van der Waals surface area contributed by atoms with Crippen molar-refractivity contribution in [2.75, 3.05) is 13.1 Å². The number of ketones is 1. The molecule has 2 saturated heterocycles. The second-order valence-electron chi connectivity index (χ2n) is 5.30. The van der Waals surface area contributed by atoms with E-state index in [-0.39, 0.29) is 25.9 Å². The Bertz CT molecular complexity index is 520. The number of nitrogens with zero attached hydrogens (tertiary/aromatic N) is 2. The van der Waals surface area contributed by atoms with Crippen LogP contribution in [0.25, 0.3) is 0 Å². The molecule has 116 valence electrons. The minimum atomic E-state index is -1.89. The fourth-order valence-corrected chi connectivity index (χ4v) is 3.40. The van der Waals surface area contributed by atoms with E-state index in [2.05, 4.69) is 0 Å². The van der Waals surface area contributed by atoms with Gasteiger partial charge in [0.15, 0.2) is 5.78 Å². The molecule has 2 aliphatic heterocycles. The quantitative estimate of drug-likeness (QED) is 0.617. The van der Waals surface area contributed by atoms with Crippen LogP contribution in [0.3, 0.4) is 0 Å². The molecule has 9 heteroatoms. The molecule has 21 heavy (non-hydrogen) atoms. The van der Waals surface area contributed by atoms with Crippen LogP contribution in [0.5, 0.6) is 0 Å². The first-order valence-electron chi connectivity index (χ1n) is 6.51. The van der Waals surface area contributed by atoms with Gasteiger partial charge in [0.2, 0.25) is 0 Å². The van der Waals surface area contributed by atoms with Gasteiger partial charge in [-0.15, -0.1) is 0 Å². The number of piperidine rings is 1. The molecule has 2 fully saturated rings. The summed E-state index contributed by atoms with van der Waals surface area (Å²) in [6, 6.07) is -2.03. The Labute approximate surface area is 119 Å². The van der Waals surface area contributed by atoms with Gasteiger partial charge in [-0.3, -0.25) is 14.5 Å². The maximum Gasteiger partial charge on any atom is 0.407 e. The Morgan fingerprint density at radius 1 is 1.19 bits per heavy atom. The molecule has 3 atom stereocenters. The van der Waals surface area contributed by atoms with Gasteiger partial charge in [0.05, 0.1) is 12.1 Å². The van der Waals surface area contributed by atoms with E-state index in [0.29, 0.717) is 0 Å². The predicted octanol–water partition coefficient (Wildman–Crippen LogP) is 0.151. The Hall–Kier alpha value is -2.32. The number of carbonyl (C=O) groups excluding carboxylic acids is 1. The van der Waals surface area contributed by atoms with Crippen LogP contribution in [-0.2, 0) is 9.59 Å². The molecule has 0 aromatic rings. The van der Waals surface area contributed by atoms with E-state index in [1.807, 2.05) is 0 Å². The van der Waals surface area contributed by atoms with E-state index >= 15 is 0 Å². The van der Waals surface area contributed by atoms with Gasteiger partial charge in [-0.25, -0.2) is 9.59 Å². The standard InChI is InChI=1S/C12H16N2O7/c1-2-12(9(16)17)7-5-13(10(18)19)4-6(3-8(12)15)14(7)11(20)21/h6-7H,2-5H2,1H3,(H,16,17)(H,18,19)(H,20,21).